The zero-order valence-corrected chi connectivity index (χ0v) is 12.1. The molecule has 2 N–H and O–H groups in total. The molecule has 0 aliphatic heterocycles. The van der Waals surface area contributed by atoms with Gasteiger partial charge in [-0.25, -0.2) is 0 Å². The van der Waals surface area contributed by atoms with E-state index in [1.54, 1.807) is 6.08 Å². The summed E-state index contributed by atoms with van der Waals surface area (Å²) in [5, 5.41) is 0. The monoisotopic (exact) mass is 267 g/mol. The lowest BCUT2D eigenvalue weighted by Gasteiger charge is -2.16. The maximum absolute atomic E-state index is 5.99. The van der Waals surface area contributed by atoms with E-state index in [2.05, 4.69) is 30.8 Å². The number of rotatable bonds is 5. The Kier molecular flexibility index (Phi) is 4.59. The van der Waals surface area contributed by atoms with E-state index >= 15 is 0 Å². The van der Waals surface area contributed by atoms with E-state index < -0.39 is 0 Å². The first-order valence-corrected chi connectivity index (χ1v) is 6.78. The molecule has 0 aliphatic carbocycles. The molecule has 0 aromatic heterocycles. The number of aryl methyl sites for hydroxylation is 2. The number of nitrogens with two attached hydrogens (primary N) is 1. The summed E-state index contributed by atoms with van der Waals surface area (Å²) in [5.41, 5.74) is 10.4. The van der Waals surface area contributed by atoms with Crippen molar-refractivity contribution in [2.24, 2.45) is 5.73 Å². The van der Waals surface area contributed by atoms with Gasteiger partial charge in [0.25, 0.3) is 0 Å². The standard InChI is InChI=1S/C18H21NO/c1-4-17(19)16-10-13(2)18(14(3)11-16)20-12-15-8-6-5-7-9-15/h4-11,17H,1,12,19H2,2-3H3/t17-/m1/s1. The molecule has 0 fully saturated rings. The molecule has 0 radical (unpaired) electrons. The fraction of sp³-hybridized carbons (Fsp3) is 0.222. The van der Waals surface area contributed by atoms with Crippen LogP contribution in [0.3, 0.4) is 0 Å². The molecule has 0 aliphatic rings. The maximum atomic E-state index is 5.99. The highest BCUT2D eigenvalue weighted by Crippen LogP contribution is 2.28. The molecule has 0 heterocycles. The molecule has 2 aromatic rings. The zero-order chi connectivity index (χ0) is 14.5. The molecule has 104 valence electrons. The van der Waals surface area contributed by atoms with Crippen LogP contribution in [0.25, 0.3) is 0 Å². The summed E-state index contributed by atoms with van der Waals surface area (Å²) in [4.78, 5) is 0. The smallest absolute Gasteiger partial charge is 0.125 e. The highest BCUT2D eigenvalue weighted by Gasteiger charge is 2.09. The molecular formula is C18H21NO. The third-order valence-corrected chi connectivity index (χ3v) is 3.35. The predicted molar refractivity (Wildman–Crippen MR) is 83.8 cm³/mol. The van der Waals surface area contributed by atoms with Crippen LogP contribution in [-0.2, 0) is 6.61 Å². The Morgan fingerprint density at radius 3 is 2.30 bits per heavy atom. The lowest BCUT2D eigenvalue weighted by molar-refractivity contribution is 0.302. The number of hydrogen-bond donors (Lipinski definition) is 1. The van der Waals surface area contributed by atoms with Gasteiger partial charge >= 0.3 is 0 Å². The summed E-state index contributed by atoms with van der Waals surface area (Å²) in [5.74, 6) is 0.939. The van der Waals surface area contributed by atoms with Crippen LogP contribution in [0.1, 0.15) is 28.3 Å². The van der Waals surface area contributed by atoms with Gasteiger partial charge in [-0.2, -0.15) is 0 Å². The second kappa shape index (κ2) is 6.40. The lowest BCUT2D eigenvalue weighted by atomic mass is 10.0. The van der Waals surface area contributed by atoms with Gasteiger partial charge in [0.2, 0.25) is 0 Å². The Labute approximate surface area is 120 Å². The average molecular weight is 267 g/mol. The first-order chi connectivity index (χ1) is 9.61. The fourth-order valence-electron chi connectivity index (χ4n) is 2.27. The van der Waals surface area contributed by atoms with Crippen LogP contribution in [0.4, 0.5) is 0 Å². The van der Waals surface area contributed by atoms with Crippen molar-refractivity contribution < 1.29 is 4.74 Å². The average Bonchev–Trinajstić information content (AvgIpc) is 2.46. The third kappa shape index (κ3) is 3.28. The quantitative estimate of drug-likeness (QED) is 0.829. The first kappa shape index (κ1) is 14.4. The van der Waals surface area contributed by atoms with Crippen LogP contribution in [0, 0.1) is 13.8 Å². The molecule has 0 spiro atoms. The maximum Gasteiger partial charge on any atom is 0.125 e. The van der Waals surface area contributed by atoms with Crippen LogP contribution in [0.2, 0.25) is 0 Å². The van der Waals surface area contributed by atoms with E-state index in [1.807, 2.05) is 32.0 Å². The van der Waals surface area contributed by atoms with Crippen LogP contribution in [0.5, 0.6) is 5.75 Å². The molecule has 20 heavy (non-hydrogen) atoms. The van der Waals surface area contributed by atoms with E-state index in [-0.39, 0.29) is 6.04 Å². The minimum atomic E-state index is -0.129. The Balaban J connectivity index is 2.18. The van der Waals surface area contributed by atoms with Crippen LogP contribution in [-0.4, -0.2) is 0 Å². The predicted octanol–water partition coefficient (Wildman–Crippen LogP) is 4.07. The second-order valence-corrected chi connectivity index (χ2v) is 5.02. The Morgan fingerprint density at radius 1 is 1.15 bits per heavy atom. The highest BCUT2D eigenvalue weighted by molar-refractivity contribution is 5.45. The highest BCUT2D eigenvalue weighted by atomic mass is 16.5. The van der Waals surface area contributed by atoms with Crippen LogP contribution in [0.15, 0.2) is 55.1 Å². The van der Waals surface area contributed by atoms with Gasteiger partial charge in [-0.3, -0.25) is 0 Å². The van der Waals surface area contributed by atoms with E-state index in [1.165, 1.54) is 0 Å². The summed E-state index contributed by atoms with van der Waals surface area (Å²) in [7, 11) is 0. The van der Waals surface area contributed by atoms with Gasteiger partial charge in [0.05, 0.1) is 0 Å². The first-order valence-electron chi connectivity index (χ1n) is 6.78. The van der Waals surface area contributed by atoms with Gasteiger partial charge in [-0.15, -0.1) is 6.58 Å². The molecule has 1 atom stereocenters. The Morgan fingerprint density at radius 2 is 1.75 bits per heavy atom. The minimum absolute atomic E-state index is 0.129. The molecule has 0 bridgehead atoms. The van der Waals surface area contributed by atoms with Crippen molar-refractivity contribution in [1.29, 1.82) is 0 Å². The van der Waals surface area contributed by atoms with E-state index in [9.17, 15) is 0 Å². The zero-order valence-electron chi connectivity index (χ0n) is 12.1. The van der Waals surface area contributed by atoms with Gasteiger partial charge in [-0.1, -0.05) is 48.5 Å². The fourth-order valence-corrected chi connectivity index (χ4v) is 2.27. The number of benzene rings is 2. The van der Waals surface area contributed by atoms with Crippen LogP contribution < -0.4 is 10.5 Å². The van der Waals surface area contributed by atoms with E-state index in [0.29, 0.717) is 6.61 Å². The summed E-state index contributed by atoms with van der Waals surface area (Å²) >= 11 is 0. The van der Waals surface area contributed by atoms with Crippen molar-refractivity contribution in [3.8, 4) is 5.75 Å². The van der Waals surface area contributed by atoms with Crippen molar-refractivity contribution in [1.82, 2.24) is 0 Å². The largest absolute Gasteiger partial charge is 0.488 e. The number of hydrogen-bond acceptors (Lipinski definition) is 2. The van der Waals surface area contributed by atoms with Gasteiger partial charge in [0, 0.05) is 6.04 Å². The van der Waals surface area contributed by atoms with Gasteiger partial charge in [0.1, 0.15) is 12.4 Å². The summed E-state index contributed by atoms with van der Waals surface area (Å²) in [6.45, 7) is 8.41. The number of ether oxygens (including phenoxy) is 1. The topological polar surface area (TPSA) is 35.2 Å². The third-order valence-electron chi connectivity index (χ3n) is 3.35. The molecule has 0 amide bonds. The molecular weight excluding hydrogens is 246 g/mol. The second-order valence-electron chi connectivity index (χ2n) is 5.02. The SMILES string of the molecule is C=C[C@@H](N)c1cc(C)c(OCc2ccccc2)c(C)c1. The van der Waals surface area contributed by atoms with E-state index in [0.717, 1.165) is 28.0 Å². The lowest BCUT2D eigenvalue weighted by Crippen LogP contribution is -2.08. The molecule has 0 saturated heterocycles. The normalized spacial score (nSPS) is 11.9. The van der Waals surface area contributed by atoms with Crippen molar-refractivity contribution in [2.75, 3.05) is 0 Å². The molecule has 2 rings (SSSR count). The van der Waals surface area contributed by atoms with Crippen molar-refractivity contribution in [2.45, 2.75) is 26.5 Å². The summed E-state index contributed by atoms with van der Waals surface area (Å²) < 4.78 is 5.96. The molecule has 0 unspecified atom stereocenters. The van der Waals surface area contributed by atoms with Crippen LogP contribution >= 0.6 is 0 Å². The van der Waals surface area contributed by atoms with Crippen molar-refractivity contribution in [3.05, 3.63) is 77.4 Å². The van der Waals surface area contributed by atoms with Crippen molar-refractivity contribution in [3.63, 3.8) is 0 Å². The molecule has 2 nitrogen and oxygen atoms in total. The van der Waals surface area contributed by atoms with Crippen molar-refractivity contribution >= 4 is 0 Å². The Bertz CT molecular complexity index is 567. The summed E-state index contributed by atoms with van der Waals surface area (Å²) in [6, 6.07) is 14.2. The molecule has 0 saturated carbocycles. The minimum Gasteiger partial charge on any atom is -0.488 e. The van der Waals surface area contributed by atoms with E-state index in [4.69, 9.17) is 10.5 Å². The summed E-state index contributed by atoms with van der Waals surface area (Å²) in [6.07, 6.45) is 1.75. The molecule has 2 aromatic carbocycles. The van der Waals surface area contributed by atoms with Gasteiger partial charge in [-0.05, 0) is 36.1 Å². The molecule has 2 heteroatoms. The van der Waals surface area contributed by atoms with Gasteiger partial charge < -0.3 is 10.5 Å². The Hall–Kier alpha value is -2.06. The van der Waals surface area contributed by atoms with Gasteiger partial charge in [0.15, 0.2) is 0 Å².